The number of nitrogens with one attached hydrogen (secondary N) is 1. The van der Waals surface area contributed by atoms with E-state index in [1.807, 2.05) is 6.08 Å². The van der Waals surface area contributed by atoms with Gasteiger partial charge in [0.15, 0.2) is 0 Å². The quantitative estimate of drug-likeness (QED) is 0.0365. The molecule has 56 heavy (non-hydrogen) atoms. The SMILES string of the molecule is CCCCCC/C=C/CC/C=C/C(O)C(CO)NC(=O)C(O)CCCCCCCCCCCCCCCCCCCCCCCCCCCCCCCCCC. The van der Waals surface area contributed by atoms with Crippen LogP contribution in [0.25, 0.3) is 0 Å². The highest BCUT2D eigenvalue weighted by atomic mass is 16.3. The molecule has 3 unspecified atom stereocenters. The smallest absolute Gasteiger partial charge is 0.249 e. The van der Waals surface area contributed by atoms with Gasteiger partial charge in [-0.2, -0.15) is 0 Å². The van der Waals surface area contributed by atoms with E-state index in [2.05, 4.69) is 31.3 Å². The molecule has 1 amide bonds. The first kappa shape index (κ1) is 54.8. The maximum absolute atomic E-state index is 12.4. The molecule has 0 aromatic carbocycles. The van der Waals surface area contributed by atoms with Crippen molar-refractivity contribution >= 4 is 5.91 Å². The third-order valence-electron chi connectivity index (χ3n) is 11.8. The molecule has 0 bridgehead atoms. The molecule has 5 nitrogen and oxygen atoms in total. The number of carbonyl (C=O) groups is 1. The van der Waals surface area contributed by atoms with Gasteiger partial charge in [0.05, 0.1) is 18.8 Å². The molecule has 5 heteroatoms. The Bertz CT molecular complexity index is 829. The van der Waals surface area contributed by atoms with E-state index >= 15 is 0 Å². The van der Waals surface area contributed by atoms with Crippen molar-refractivity contribution in [2.24, 2.45) is 0 Å². The minimum Gasteiger partial charge on any atom is -0.394 e. The Morgan fingerprint density at radius 1 is 0.429 bits per heavy atom. The van der Waals surface area contributed by atoms with Gasteiger partial charge in [0.1, 0.15) is 6.10 Å². The van der Waals surface area contributed by atoms with Crippen LogP contribution in [0.5, 0.6) is 0 Å². The lowest BCUT2D eigenvalue weighted by Gasteiger charge is -2.21. The zero-order valence-electron chi connectivity index (χ0n) is 37.8. The summed E-state index contributed by atoms with van der Waals surface area (Å²) in [6.07, 6.45) is 58.4. The van der Waals surface area contributed by atoms with Crippen molar-refractivity contribution in [3.63, 3.8) is 0 Å². The molecule has 0 saturated carbocycles. The van der Waals surface area contributed by atoms with Gasteiger partial charge in [0, 0.05) is 0 Å². The van der Waals surface area contributed by atoms with E-state index in [1.165, 1.54) is 212 Å². The fraction of sp³-hybridized carbons (Fsp3) is 0.902. The normalized spacial score (nSPS) is 13.6. The lowest BCUT2D eigenvalue weighted by atomic mass is 10.0. The second-order valence-corrected chi connectivity index (χ2v) is 17.4. The fourth-order valence-electron chi connectivity index (χ4n) is 7.85. The van der Waals surface area contributed by atoms with Crippen LogP contribution in [0.4, 0.5) is 0 Å². The van der Waals surface area contributed by atoms with Crippen LogP contribution in [0.3, 0.4) is 0 Å². The third-order valence-corrected chi connectivity index (χ3v) is 11.8. The molecule has 0 spiro atoms. The molecule has 0 aliphatic heterocycles. The van der Waals surface area contributed by atoms with E-state index in [0.717, 1.165) is 38.5 Å². The monoisotopic (exact) mass is 790 g/mol. The average molecular weight is 790 g/mol. The predicted molar refractivity (Wildman–Crippen MR) is 245 cm³/mol. The molecule has 4 N–H and O–H groups in total. The summed E-state index contributed by atoms with van der Waals surface area (Å²) in [5.74, 6) is -0.511. The summed E-state index contributed by atoms with van der Waals surface area (Å²) in [4.78, 5) is 12.4. The van der Waals surface area contributed by atoms with E-state index in [0.29, 0.717) is 6.42 Å². The zero-order valence-corrected chi connectivity index (χ0v) is 37.8. The van der Waals surface area contributed by atoms with Crippen LogP contribution in [0.2, 0.25) is 0 Å². The zero-order chi connectivity index (χ0) is 40.8. The number of aliphatic hydroxyl groups excluding tert-OH is 3. The molecule has 3 atom stereocenters. The van der Waals surface area contributed by atoms with Crippen LogP contribution >= 0.6 is 0 Å². The lowest BCUT2D eigenvalue weighted by Crippen LogP contribution is -2.48. The summed E-state index contributed by atoms with van der Waals surface area (Å²) in [6, 6.07) is -0.810. The molecule has 0 aromatic rings. The van der Waals surface area contributed by atoms with E-state index < -0.39 is 24.2 Å². The van der Waals surface area contributed by atoms with Crippen molar-refractivity contribution in [1.82, 2.24) is 5.32 Å². The van der Waals surface area contributed by atoms with Gasteiger partial charge in [-0.15, -0.1) is 0 Å². The number of amides is 1. The van der Waals surface area contributed by atoms with Gasteiger partial charge >= 0.3 is 0 Å². The van der Waals surface area contributed by atoms with Crippen molar-refractivity contribution in [3.8, 4) is 0 Å². The number of rotatable bonds is 46. The topological polar surface area (TPSA) is 89.8 Å². The van der Waals surface area contributed by atoms with Gasteiger partial charge in [-0.05, 0) is 32.1 Å². The molecule has 0 radical (unpaired) electrons. The van der Waals surface area contributed by atoms with Gasteiger partial charge in [-0.3, -0.25) is 4.79 Å². The summed E-state index contributed by atoms with van der Waals surface area (Å²) in [7, 11) is 0. The Kier molecular flexibility index (Phi) is 45.5. The Morgan fingerprint density at radius 2 is 0.732 bits per heavy atom. The summed E-state index contributed by atoms with van der Waals surface area (Å²) < 4.78 is 0. The van der Waals surface area contributed by atoms with Crippen molar-refractivity contribution in [1.29, 1.82) is 0 Å². The first-order valence-corrected chi connectivity index (χ1v) is 25.2. The second-order valence-electron chi connectivity index (χ2n) is 17.4. The van der Waals surface area contributed by atoms with E-state index in [4.69, 9.17) is 0 Å². The van der Waals surface area contributed by atoms with E-state index in [-0.39, 0.29) is 6.61 Å². The first-order chi connectivity index (χ1) is 27.6. The van der Waals surface area contributed by atoms with Crippen molar-refractivity contribution in [3.05, 3.63) is 24.3 Å². The second kappa shape index (κ2) is 46.5. The number of carbonyl (C=O) groups excluding carboxylic acids is 1. The van der Waals surface area contributed by atoms with Gasteiger partial charge in [-0.25, -0.2) is 0 Å². The van der Waals surface area contributed by atoms with E-state index in [1.54, 1.807) is 6.08 Å². The lowest BCUT2D eigenvalue weighted by molar-refractivity contribution is -0.131. The predicted octanol–water partition coefficient (Wildman–Crippen LogP) is 14.9. The van der Waals surface area contributed by atoms with Gasteiger partial charge in [0.2, 0.25) is 5.91 Å². The maximum Gasteiger partial charge on any atom is 0.249 e. The standard InChI is InChI=1S/C51H99NO4/c1-3-5-7-9-11-13-15-16-17-18-19-20-21-22-23-24-25-26-27-28-29-30-31-32-33-34-35-36-38-40-42-44-46-50(55)51(56)52-48(47-53)49(54)45-43-41-39-37-14-12-10-8-6-4-2/h14,37,43,45,48-50,53-55H,3-13,15-36,38-42,44,46-47H2,1-2H3,(H,52,56)/b37-14+,45-43+. The summed E-state index contributed by atoms with van der Waals surface area (Å²) in [6.45, 7) is 4.15. The molecule has 0 heterocycles. The minimum atomic E-state index is -1.10. The van der Waals surface area contributed by atoms with E-state index in [9.17, 15) is 20.1 Å². The van der Waals surface area contributed by atoms with Crippen molar-refractivity contribution < 1.29 is 20.1 Å². The molecule has 0 aliphatic rings. The largest absolute Gasteiger partial charge is 0.394 e. The number of unbranched alkanes of at least 4 members (excludes halogenated alkanes) is 36. The highest BCUT2D eigenvalue weighted by Crippen LogP contribution is 2.17. The Labute approximate surface area is 350 Å². The summed E-state index contributed by atoms with van der Waals surface area (Å²) >= 11 is 0. The first-order valence-electron chi connectivity index (χ1n) is 25.2. The Balaban J connectivity index is 3.46. The maximum atomic E-state index is 12.4. The number of aliphatic hydroxyl groups is 3. The Hall–Kier alpha value is -1.17. The molecule has 0 aromatic heterocycles. The van der Waals surface area contributed by atoms with Crippen LogP contribution in [0.1, 0.15) is 271 Å². The van der Waals surface area contributed by atoms with Gasteiger partial charge in [0.25, 0.3) is 0 Å². The summed E-state index contributed by atoms with van der Waals surface area (Å²) in [5, 5.41) is 33.0. The third kappa shape index (κ3) is 41.0. The molecule has 0 aliphatic carbocycles. The molecular weight excluding hydrogens is 691 g/mol. The van der Waals surface area contributed by atoms with Crippen LogP contribution in [0.15, 0.2) is 24.3 Å². The molecular formula is C51H99NO4. The Morgan fingerprint density at radius 3 is 1.09 bits per heavy atom. The molecule has 0 rings (SSSR count). The molecule has 0 fully saturated rings. The molecule has 0 saturated heterocycles. The average Bonchev–Trinajstić information content (AvgIpc) is 3.20. The highest BCUT2D eigenvalue weighted by Gasteiger charge is 2.22. The number of allylic oxidation sites excluding steroid dienone is 3. The highest BCUT2D eigenvalue weighted by molar-refractivity contribution is 5.80. The molecule has 332 valence electrons. The number of hydrogen-bond donors (Lipinski definition) is 4. The summed E-state index contributed by atoms with van der Waals surface area (Å²) in [5.41, 5.74) is 0. The van der Waals surface area contributed by atoms with Crippen LogP contribution < -0.4 is 5.32 Å². The van der Waals surface area contributed by atoms with Crippen molar-refractivity contribution in [2.45, 2.75) is 289 Å². The fourth-order valence-corrected chi connectivity index (χ4v) is 7.85. The number of hydrogen-bond acceptors (Lipinski definition) is 4. The van der Waals surface area contributed by atoms with Gasteiger partial charge in [-0.1, -0.05) is 263 Å². The van der Waals surface area contributed by atoms with Gasteiger partial charge < -0.3 is 20.6 Å². The van der Waals surface area contributed by atoms with Crippen LogP contribution in [-0.2, 0) is 4.79 Å². The van der Waals surface area contributed by atoms with Crippen LogP contribution in [-0.4, -0.2) is 46.1 Å². The minimum absolute atomic E-state index is 0.374. The van der Waals surface area contributed by atoms with Crippen LogP contribution in [0, 0.1) is 0 Å². The van der Waals surface area contributed by atoms with Crippen molar-refractivity contribution in [2.75, 3.05) is 6.61 Å².